The summed E-state index contributed by atoms with van der Waals surface area (Å²) < 4.78 is 9.18. The summed E-state index contributed by atoms with van der Waals surface area (Å²) in [4.78, 5) is 0. The molecule has 0 aromatic carbocycles. The zero-order valence-corrected chi connectivity index (χ0v) is 5.13. The van der Waals surface area contributed by atoms with Crippen molar-refractivity contribution in [2.45, 2.75) is 0 Å². The standard InChI is InChI=1S/C4HO.C4H3O/c1-3-2-5-4(1)3;1-2-4-5-3-1/h2H;1,3-4H. The molecule has 0 unspecified atom stereocenters. The molecule has 0 fully saturated rings. The van der Waals surface area contributed by atoms with E-state index in [0.717, 1.165) is 5.76 Å². The van der Waals surface area contributed by atoms with Crippen molar-refractivity contribution in [3.63, 3.8) is 0 Å². The lowest BCUT2D eigenvalue weighted by atomic mass is 10.6. The third-order valence-electron chi connectivity index (χ3n) is 1.10. The highest BCUT2D eigenvalue weighted by Gasteiger charge is 2.17. The Bertz CT molecular complexity index is 250. The number of furan rings is 2. The molecule has 1 aromatic rings. The van der Waals surface area contributed by atoms with Crippen molar-refractivity contribution in [2.75, 3.05) is 0 Å². The van der Waals surface area contributed by atoms with Gasteiger partial charge < -0.3 is 8.83 Å². The Morgan fingerprint density at radius 3 is 2.40 bits per heavy atom. The Hall–Kier alpha value is -1.44. The molecule has 2 radical (unpaired) electrons. The van der Waals surface area contributed by atoms with E-state index in [1.54, 1.807) is 18.6 Å². The average Bonchev–Trinajstić information content (AvgIpc) is 2.43. The van der Waals surface area contributed by atoms with Gasteiger partial charge in [-0.2, -0.15) is 0 Å². The minimum absolute atomic E-state index is 0.963. The minimum Gasteiger partial charge on any atom is -0.472 e. The average molecular weight is 132 g/mol. The summed E-state index contributed by atoms with van der Waals surface area (Å²) in [6, 6.07) is 7.26. The summed E-state index contributed by atoms with van der Waals surface area (Å²) in [5.74, 6) is 0.963. The van der Waals surface area contributed by atoms with Gasteiger partial charge in [-0.15, -0.1) is 0 Å². The van der Waals surface area contributed by atoms with E-state index in [4.69, 9.17) is 0 Å². The lowest BCUT2D eigenvalue weighted by Crippen LogP contribution is -1.51. The maximum absolute atomic E-state index is 4.65. The van der Waals surface area contributed by atoms with Gasteiger partial charge in [0.1, 0.15) is 12.0 Å². The second kappa shape index (κ2) is 2.06. The Kier molecular flexibility index (Phi) is 1.10. The third-order valence-corrected chi connectivity index (χ3v) is 1.10. The van der Waals surface area contributed by atoms with Crippen molar-refractivity contribution in [3.8, 4) is 11.3 Å². The predicted molar refractivity (Wildman–Crippen MR) is 34.1 cm³/mol. The van der Waals surface area contributed by atoms with Gasteiger partial charge in [0.15, 0.2) is 0 Å². The monoisotopic (exact) mass is 132 g/mol. The Labute approximate surface area is 58.1 Å². The molecule has 0 saturated carbocycles. The van der Waals surface area contributed by atoms with Crippen LogP contribution in [0.1, 0.15) is 0 Å². The molecule has 10 heavy (non-hydrogen) atoms. The Morgan fingerprint density at radius 1 is 1.40 bits per heavy atom. The predicted octanol–water partition coefficient (Wildman–Crippen LogP) is 2.14. The number of hydrogen-bond donors (Lipinski definition) is 0. The molecule has 1 aromatic heterocycles. The van der Waals surface area contributed by atoms with Gasteiger partial charge >= 0.3 is 0 Å². The van der Waals surface area contributed by atoms with Gasteiger partial charge in [-0.1, -0.05) is 0 Å². The van der Waals surface area contributed by atoms with Crippen LogP contribution in [0.5, 0.6) is 0 Å². The van der Waals surface area contributed by atoms with Gasteiger partial charge in [0.2, 0.25) is 0 Å². The maximum atomic E-state index is 4.65. The lowest BCUT2D eigenvalue weighted by molar-refractivity contribution is 0.556. The zero-order valence-electron chi connectivity index (χ0n) is 5.13. The minimum atomic E-state index is 0.963. The zero-order chi connectivity index (χ0) is 6.81. The summed E-state index contributed by atoms with van der Waals surface area (Å²) in [5.41, 5.74) is 1.17. The molecule has 0 N–H and O–H groups in total. The normalized spacial score (nSPS) is 10.0. The van der Waals surface area contributed by atoms with Gasteiger partial charge in [0.25, 0.3) is 0 Å². The van der Waals surface area contributed by atoms with Crippen molar-refractivity contribution in [1.29, 1.82) is 0 Å². The summed E-state index contributed by atoms with van der Waals surface area (Å²) in [7, 11) is 0. The van der Waals surface area contributed by atoms with Crippen molar-refractivity contribution in [2.24, 2.45) is 0 Å². The number of fused-ring (bicyclic) bond motifs is 1. The third kappa shape index (κ3) is 0.957. The van der Waals surface area contributed by atoms with Crippen LogP contribution in [-0.4, -0.2) is 0 Å². The molecular weight excluding hydrogens is 128 g/mol. The molecule has 3 rings (SSSR count). The summed E-state index contributed by atoms with van der Waals surface area (Å²) in [5, 5.41) is 0. The van der Waals surface area contributed by atoms with Crippen LogP contribution in [-0.2, 0) is 0 Å². The summed E-state index contributed by atoms with van der Waals surface area (Å²) in [6.45, 7) is 0. The first-order valence-electron chi connectivity index (χ1n) is 2.86. The van der Waals surface area contributed by atoms with E-state index in [-0.39, 0.29) is 0 Å². The van der Waals surface area contributed by atoms with E-state index in [1.165, 1.54) is 11.8 Å². The fraction of sp³-hybridized carbons (Fsp3) is 0. The van der Waals surface area contributed by atoms with Crippen molar-refractivity contribution < 1.29 is 8.83 Å². The maximum Gasteiger partial charge on any atom is 0.146 e. The second-order valence-electron chi connectivity index (χ2n) is 1.83. The first-order valence-corrected chi connectivity index (χ1v) is 2.86. The van der Waals surface area contributed by atoms with E-state index < -0.39 is 0 Å². The summed E-state index contributed by atoms with van der Waals surface area (Å²) in [6.07, 6.45) is 4.76. The molecule has 1 aliphatic carbocycles. The molecule has 2 aliphatic rings. The van der Waals surface area contributed by atoms with Gasteiger partial charge in [-0.3, -0.25) is 0 Å². The first kappa shape index (κ1) is 5.35. The lowest BCUT2D eigenvalue weighted by Gasteiger charge is -1.78. The van der Waals surface area contributed by atoms with Crippen molar-refractivity contribution >= 4 is 0 Å². The van der Waals surface area contributed by atoms with E-state index >= 15 is 0 Å². The van der Waals surface area contributed by atoms with Crippen LogP contribution < -0.4 is 0 Å². The molecule has 2 heteroatoms. The van der Waals surface area contributed by atoms with Crippen LogP contribution in [0.25, 0.3) is 11.3 Å². The van der Waals surface area contributed by atoms with Gasteiger partial charge in [0, 0.05) is 12.1 Å². The van der Waals surface area contributed by atoms with Crippen LogP contribution in [0.2, 0.25) is 0 Å². The van der Waals surface area contributed by atoms with Gasteiger partial charge in [0.05, 0.1) is 18.1 Å². The molecule has 1 aliphatic heterocycles. The molecule has 0 saturated heterocycles. The van der Waals surface area contributed by atoms with Gasteiger partial charge in [-0.25, -0.2) is 0 Å². The number of rotatable bonds is 0. The highest BCUT2D eigenvalue weighted by atomic mass is 16.4. The van der Waals surface area contributed by atoms with E-state index in [1.807, 2.05) is 0 Å². The quantitative estimate of drug-likeness (QED) is 0.468. The van der Waals surface area contributed by atoms with Crippen LogP contribution >= 0.6 is 0 Å². The Morgan fingerprint density at radius 2 is 2.30 bits per heavy atom. The molecule has 0 amide bonds. The van der Waals surface area contributed by atoms with Crippen LogP contribution in [0.4, 0.5) is 0 Å². The van der Waals surface area contributed by atoms with E-state index in [0.29, 0.717) is 0 Å². The molecule has 0 atom stereocenters. The molecule has 2 nitrogen and oxygen atoms in total. The molecule has 48 valence electrons. The summed E-state index contributed by atoms with van der Waals surface area (Å²) >= 11 is 0. The van der Waals surface area contributed by atoms with Crippen molar-refractivity contribution in [3.05, 3.63) is 37.0 Å². The van der Waals surface area contributed by atoms with Crippen LogP contribution in [0, 0.1) is 12.1 Å². The molecular formula is C8H4O2. The second-order valence-corrected chi connectivity index (χ2v) is 1.83. The number of hydrogen-bond acceptors (Lipinski definition) is 2. The fourth-order valence-corrected chi connectivity index (χ4v) is 0.523. The highest BCUT2D eigenvalue weighted by molar-refractivity contribution is 5.72. The van der Waals surface area contributed by atoms with E-state index in [9.17, 15) is 0 Å². The highest BCUT2D eigenvalue weighted by Crippen LogP contribution is 2.35. The van der Waals surface area contributed by atoms with Crippen molar-refractivity contribution in [1.82, 2.24) is 0 Å². The molecule has 0 bridgehead atoms. The molecule has 2 heterocycles. The topological polar surface area (TPSA) is 26.3 Å². The van der Waals surface area contributed by atoms with Crippen LogP contribution in [0.3, 0.4) is 0 Å². The Balaban J connectivity index is 0.0000000807. The van der Waals surface area contributed by atoms with Crippen LogP contribution in [0.15, 0.2) is 33.7 Å². The van der Waals surface area contributed by atoms with E-state index in [2.05, 4.69) is 21.0 Å². The fourth-order valence-electron chi connectivity index (χ4n) is 0.523. The largest absolute Gasteiger partial charge is 0.472 e. The smallest absolute Gasteiger partial charge is 0.146 e. The SMILES string of the molecule is [c]1c2coc1-2.[c]1ccoc1. The molecule has 0 spiro atoms. The first-order chi connectivity index (χ1) is 4.97. The van der Waals surface area contributed by atoms with Gasteiger partial charge in [-0.05, 0) is 6.07 Å².